The van der Waals surface area contributed by atoms with E-state index in [0.717, 1.165) is 6.42 Å². The summed E-state index contributed by atoms with van der Waals surface area (Å²) in [5, 5.41) is 0. The van der Waals surface area contributed by atoms with Crippen LogP contribution in [0.15, 0.2) is 54.6 Å². The third-order valence-electron chi connectivity index (χ3n) is 4.56. The van der Waals surface area contributed by atoms with Gasteiger partial charge >= 0.3 is 0 Å². The van der Waals surface area contributed by atoms with E-state index in [1.165, 1.54) is 22.5 Å². The highest BCUT2D eigenvalue weighted by atomic mass is 35.7. The lowest BCUT2D eigenvalue weighted by Gasteiger charge is -2.22. The Balaban J connectivity index is 0.000000368. The van der Waals surface area contributed by atoms with Gasteiger partial charge in [0.2, 0.25) is 5.69 Å². The van der Waals surface area contributed by atoms with Crippen LogP contribution in [0.3, 0.4) is 0 Å². The monoisotopic (exact) mass is 349 g/mol. The molecule has 0 spiro atoms. The standard InChI is InChI=1S/C18H20N.ClHO4/c1-14-18(2,13-15-9-5-4-6-10-15)16-11-7-8-12-17(16)19(14)3;2-1(3,4)5/h4-12H,13H2,1-3H3;(H,2,3,4,5)/q+1;/p-1. The van der Waals surface area contributed by atoms with Crippen LogP contribution in [0.5, 0.6) is 0 Å². The molecule has 0 radical (unpaired) electrons. The first-order chi connectivity index (χ1) is 11.1. The Kier molecular flexibility index (Phi) is 5.42. The first-order valence-corrected chi connectivity index (χ1v) is 8.69. The van der Waals surface area contributed by atoms with Crippen molar-refractivity contribution in [2.75, 3.05) is 7.05 Å². The molecule has 0 saturated heterocycles. The molecule has 0 saturated carbocycles. The summed E-state index contributed by atoms with van der Waals surface area (Å²) >= 11 is 0. The highest BCUT2D eigenvalue weighted by molar-refractivity contribution is 5.94. The number of hydrogen-bond acceptors (Lipinski definition) is 4. The number of nitrogens with zero attached hydrogens (tertiary/aromatic N) is 1. The Bertz CT molecular complexity index is 734. The van der Waals surface area contributed by atoms with Crippen molar-refractivity contribution in [3.63, 3.8) is 0 Å². The van der Waals surface area contributed by atoms with Gasteiger partial charge in [-0.15, -0.1) is 10.2 Å². The minimum absolute atomic E-state index is 0.104. The summed E-state index contributed by atoms with van der Waals surface area (Å²) in [7, 11) is -2.77. The zero-order valence-electron chi connectivity index (χ0n) is 13.9. The second kappa shape index (κ2) is 7.01. The third-order valence-corrected chi connectivity index (χ3v) is 4.56. The highest BCUT2D eigenvalue weighted by Crippen LogP contribution is 2.41. The fourth-order valence-electron chi connectivity index (χ4n) is 3.21. The fourth-order valence-corrected chi connectivity index (χ4v) is 3.21. The summed E-state index contributed by atoms with van der Waals surface area (Å²) in [6, 6.07) is 19.5. The summed E-state index contributed by atoms with van der Waals surface area (Å²) in [5.41, 5.74) is 5.72. The molecule has 2 aromatic rings. The van der Waals surface area contributed by atoms with E-state index in [-0.39, 0.29) is 5.41 Å². The molecule has 2 aromatic carbocycles. The van der Waals surface area contributed by atoms with E-state index in [1.807, 2.05) is 0 Å². The highest BCUT2D eigenvalue weighted by Gasteiger charge is 2.44. The molecular formula is C18H20ClNO4. The van der Waals surface area contributed by atoms with Gasteiger partial charge in [-0.25, -0.2) is 23.2 Å². The maximum Gasteiger partial charge on any atom is 0.209 e. The van der Waals surface area contributed by atoms with Crippen LogP contribution in [0, 0.1) is 10.2 Å². The predicted octanol–water partition coefficient (Wildman–Crippen LogP) is -0.821. The van der Waals surface area contributed by atoms with Crippen molar-refractivity contribution in [3.05, 3.63) is 65.7 Å². The van der Waals surface area contributed by atoms with Gasteiger partial charge < -0.3 is 0 Å². The van der Waals surface area contributed by atoms with Gasteiger partial charge in [0.15, 0.2) is 5.71 Å². The molecule has 1 atom stereocenters. The van der Waals surface area contributed by atoms with E-state index < -0.39 is 10.2 Å². The van der Waals surface area contributed by atoms with E-state index in [1.54, 1.807) is 0 Å². The molecule has 1 heterocycles. The van der Waals surface area contributed by atoms with Crippen LogP contribution < -0.4 is 18.6 Å². The van der Waals surface area contributed by atoms with Crippen LogP contribution in [0.25, 0.3) is 0 Å². The van der Waals surface area contributed by atoms with Gasteiger partial charge in [0.25, 0.3) is 0 Å². The van der Waals surface area contributed by atoms with Crippen LogP contribution in [0.2, 0.25) is 0 Å². The van der Waals surface area contributed by atoms with Gasteiger partial charge in [-0.3, -0.25) is 0 Å². The Labute approximate surface area is 143 Å². The molecule has 24 heavy (non-hydrogen) atoms. The number of benzene rings is 2. The van der Waals surface area contributed by atoms with Gasteiger partial charge in [-0.05, 0) is 18.9 Å². The van der Waals surface area contributed by atoms with Crippen molar-refractivity contribution >= 4 is 11.4 Å². The first kappa shape index (κ1) is 18.6. The zero-order valence-corrected chi connectivity index (χ0v) is 14.6. The lowest BCUT2D eigenvalue weighted by Crippen LogP contribution is -2.68. The Morgan fingerprint density at radius 2 is 1.42 bits per heavy atom. The molecular weight excluding hydrogens is 330 g/mol. The number of halogens is 1. The second-order valence-corrected chi connectivity index (χ2v) is 6.79. The summed E-state index contributed by atoms with van der Waals surface area (Å²) in [5.74, 6) is 0. The van der Waals surface area contributed by atoms with E-state index in [2.05, 4.69) is 80.1 Å². The second-order valence-electron chi connectivity index (χ2n) is 6.03. The SMILES string of the molecule is CC1=[N+](C)c2ccccc2C1(C)Cc1ccccc1.[O-][Cl+3]([O-])([O-])[O-]. The topological polar surface area (TPSA) is 95.2 Å². The minimum atomic E-state index is -4.94. The molecule has 0 fully saturated rings. The van der Waals surface area contributed by atoms with Crippen molar-refractivity contribution < 1.29 is 33.5 Å². The Morgan fingerprint density at radius 3 is 2.00 bits per heavy atom. The van der Waals surface area contributed by atoms with Gasteiger partial charge in [0.05, 0.1) is 5.41 Å². The third kappa shape index (κ3) is 4.20. The normalized spacial score (nSPS) is 19.6. The number of para-hydroxylation sites is 1. The van der Waals surface area contributed by atoms with Crippen molar-refractivity contribution in [2.45, 2.75) is 25.7 Å². The smallest absolute Gasteiger partial charge is 0.209 e. The summed E-state index contributed by atoms with van der Waals surface area (Å²) < 4.78 is 36.3. The van der Waals surface area contributed by atoms with E-state index in [4.69, 9.17) is 18.6 Å². The van der Waals surface area contributed by atoms with Crippen molar-refractivity contribution in [1.82, 2.24) is 0 Å². The molecule has 1 unspecified atom stereocenters. The lowest BCUT2D eigenvalue weighted by atomic mass is 9.75. The molecule has 5 nitrogen and oxygen atoms in total. The van der Waals surface area contributed by atoms with Gasteiger partial charge in [-0.2, -0.15) is 0 Å². The predicted molar refractivity (Wildman–Crippen MR) is 80.5 cm³/mol. The molecule has 0 N–H and O–H groups in total. The van der Waals surface area contributed by atoms with Gasteiger partial charge in [0.1, 0.15) is 7.05 Å². The number of fused-ring (bicyclic) bond motifs is 1. The molecule has 0 aromatic heterocycles. The molecule has 1 aliphatic heterocycles. The minimum Gasteiger partial charge on any atom is -0.222 e. The van der Waals surface area contributed by atoms with Crippen LogP contribution in [0.4, 0.5) is 5.69 Å². The number of hydrogen-bond donors (Lipinski definition) is 0. The summed E-state index contributed by atoms with van der Waals surface area (Å²) in [6.07, 6.45) is 1.06. The average molecular weight is 350 g/mol. The molecule has 6 heteroatoms. The van der Waals surface area contributed by atoms with Crippen molar-refractivity contribution in [1.29, 1.82) is 0 Å². The fraction of sp³-hybridized carbons (Fsp3) is 0.278. The van der Waals surface area contributed by atoms with Crippen LogP contribution in [-0.2, 0) is 11.8 Å². The van der Waals surface area contributed by atoms with E-state index >= 15 is 0 Å². The number of rotatable bonds is 2. The van der Waals surface area contributed by atoms with Gasteiger partial charge in [0, 0.05) is 18.6 Å². The van der Waals surface area contributed by atoms with Crippen LogP contribution in [-0.4, -0.2) is 17.3 Å². The molecule has 3 rings (SSSR count). The lowest BCUT2D eigenvalue weighted by molar-refractivity contribution is -2.00. The summed E-state index contributed by atoms with van der Waals surface area (Å²) in [4.78, 5) is 0. The molecule has 1 aliphatic rings. The van der Waals surface area contributed by atoms with E-state index in [9.17, 15) is 0 Å². The van der Waals surface area contributed by atoms with Crippen molar-refractivity contribution in [3.8, 4) is 0 Å². The molecule has 0 amide bonds. The summed E-state index contributed by atoms with van der Waals surface area (Å²) in [6.45, 7) is 4.61. The van der Waals surface area contributed by atoms with E-state index in [0.29, 0.717) is 0 Å². The van der Waals surface area contributed by atoms with Crippen LogP contribution >= 0.6 is 0 Å². The first-order valence-electron chi connectivity index (χ1n) is 7.46. The quantitative estimate of drug-likeness (QED) is 0.662. The van der Waals surface area contributed by atoms with Gasteiger partial charge in [-0.1, -0.05) is 48.5 Å². The molecule has 128 valence electrons. The molecule has 0 aliphatic carbocycles. The Morgan fingerprint density at radius 1 is 0.917 bits per heavy atom. The average Bonchev–Trinajstić information content (AvgIpc) is 2.69. The largest absolute Gasteiger partial charge is 0.222 e. The zero-order chi connectivity index (χ0) is 18.0. The maximum absolute atomic E-state index is 8.49. The molecule has 0 bridgehead atoms. The maximum atomic E-state index is 8.49. The Hall–Kier alpha value is -1.76. The van der Waals surface area contributed by atoms with Crippen LogP contribution in [0.1, 0.15) is 25.0 Å². The van der Waals surface area contributed by atoms with Crippen molar-refractivity contribution in [2.24, 2.45) is 0 Å².